The van der Waals surface area contributed by atoms with Gasteiger partial charge in [-0.25, -0.2) is 0 Å². The summed E-state index contributed by atoms with van der Waals surface area (Å²) in [5, 5.41) is 8.59. The number of ketones is 1. The number of rotatable bonds is 3. The van der Waals surface area contributed by atoms with Crippen LogP contribution in [0.15, 0.2) is 12.2 Å². The summed E-state index contributed by atoms with van der Waals surface area (Å²) in [5.41, 5.74) is -0.787. The molecule has 1 rings (SSSR count). The summed E-state index contributed by atoms with van der Waals surface area (Å²) in [5.74, 6) is -1.22. The average Bonchev–Trinajstić information content (AvgIpc) is 2.26. The Hall–Kier alpha value is -1.12. The molecule has 1 aliphatic carbocycles. The SMILES string of the molecule is CC1(C)C=CC[C@]1(C)C(=O)CC(=O)O. The van der Waals surface area contributed by atoms with E-state index in [-0.39, 0.29) is 17.6 Å². The molecule has 78 valence electrons. The molecule has 0 saturated carbocycles. The van der Waals surface area contributed by atoms with Crippen molar-refractivity contribution in [2.75, 3.05) is 0 Å². The molecular formula is C11H16O3. The highest BCUT2D eigenvalue weighted by molar-refractivity contribution is 5.98. The van der Waals surface area contributed by atoms with Crippen LogP contribution in [0.25, 0.3) is 0 Å². The van der Waals surface area contributed by atoms with Crippen molar-refractivity contribution in [1.29, 1.82) is 0 Å². The second-order valence-electron chi connectivity index (χ2n) is 4.65. The fraction of sp³-hybridized carbons (Fsp3) is 0.636. The van der Waals surface area contributed by atoms with Crippen molar-refractivity contribution < 1.29 is 14.7 Å². The molecule has 14 heavy (non-hydrogen) atoms. The monoisotopic (exact) mass is 196 g/mol. The first-order valence-corrected chi connectivity index (χ1v) is 4.72. The van der Waals surface area contributed by atoms with Crippen molar-refractivity contribution in [1.82, 2.24) is 0 Å². The number of carboxylic acid groups (broad SMARTS) is 1. The molecule has 0 amide bonds. The molecule has 0 saturated heterocycles. The van der Waals surface area contributed by atoms with Crippen molar-refractivity contribution in [2.45, 2.75) is 33.6 Å². The standard InChI is InChI=1S/C11H16O3/c1-10(2)5-4-6-11(10,3)8(12)7-9(13)14/h4-5H,6-7H2,1-3H3,(H,13,14)/t11-/m1/s1. The summed E-state index contributed by atoms with van der Waals surface area (Å²) >= 11 is 0. The van der Waals surface area contributed by atoms with Gasteiger partial charge in [0.2, 0.25) is 0 Å². The average molecular weight is 196 g/mol. The van der Waals surface area contributed by atoms with E-state index in [0.717, 1.165) is 0 Å². The molecule has 0 aromatic rings. The first-order chi connectivity index (χ1) is 6.29. The van der Waals surface area contributed by atoms with E-state index < -0.39 is 11.4 Å². The van der Waals surface area contributed by atoms with E-state index in [4.69, 9.17) is 5.11 Å². The molecule has 3 heteroatoms. The van der Waals surface area contributed by atoms with E-state index >= 15 is 0 Å². The van der Waals surface area contributed by atoms with Gasteiger partial charge in [-0.1, -0.05) is 32.9 Å². The van der Waals surface area contributed by atoms with Crippen LogP contribution in [-0.2, 0) is 9.59 Å². The predicted molar refractivity (Wildman–Crippen MR) is 52.9 cm³/mol. The van der Waals surface area contributed by atoms with E-state index in [1.165, 1.54) is 0 Å². The van der Waals surface area contributed by atoms with E-state index in [2.05, 4.69) is 0 Å². The largest absolute Gasteiger partial charge is 0.481 e. The van der Waals surface area contributed by atoms with Gasteiger partial charge in [-0.15, -0.1) is 0 Å². The van der Waals surface area contributed by atoms with Crippen LogP contribution in [0.1, 0.15) is 33.6 Å². The number of hydrogen-bond acceptors (Lipinski definition) is 2. The minimum absolute atomic E-state index is 0.181. The predicted octanol–water partition coefficient (Wildman–Crippen LogP) is 2.02. The van der Waals surface area contributed by atoms with Gasteiger partial charge < -0.3 is 5.11 Å². The lowest BCUT2D eigenvalue weighted by Crippen LogP contribution is -2.38. The first-order valence-electron chi connectivity index (χ1n) is 4.72. The molecule has 0 aliphatic heterocycles. The zero-order valence-corrected chi connectivity index (χ0v) is 8.83. The maximum Gasteiger partial charge on any atom is 0.310 e. The third-order valence-corrected chi connectivity index (χ3v) is 3.41. The number of aliphatic carboxylic acids is 1. The zero-order chi connectivity index (χ0) is 11.0. The third kappa shape index (κ3) is 1.59. The number of carboxylic acids is 1. The molecular weight excluding hydrogens is 180 g/mol. The number of carbonyl (C=O) groups excluding carboxylic acids is 1. The summed E-state index contributed by atoms with van der Waals surface area (Å²) < 4.78 is 0. The van der Waals surface area contributed by atoms with Crippen LogP contribution in [0.2, 0.25) is 0 Å². The Morgan fingerprint density at radius 2 is 1.93 bits per heavy atom. The highest BCUT2D eigenvalue weighted by Crippen LogP contribution is 2.48. The molecule has 1 N–H and O–H groups in total. The molecule has 1 atom stereocenters. The summed E-state index contributed by atoms with van der Waals surface area (Å²) in [7, 11) is 0. The van der Waals surface area contributed by atoms with Crippen molar-refractivity contribution >= 4 is 11.8 Å². The third-order valence-electron chi connectivity index (χ3n) is 3.41. The van der Waals surface area contributed by atoms with Crippen LogP contribution < -0.4 is 0 Å². The van der Waals surface area contributed by atoms with Crippen LogP contribution in [0.3, 0.4) is 0 Å². The Morgan fingerprint density at radius 3 is 2.29 bits per heavy atom. The molecule has 0 radical (unpaired) electrons. The van der Waals surface area contributed by atoms with Crippen LogP contribution in [-0.4, -0.2) is 16.9 Å². The van der Waals surface area contributed by atoms with Crippen LogP contribution in [0.4, 0.5) is 0 Å². The van der Waals surface area contributed by atoms with E-state index in [0.29, 0.717) is 6.42 Å². The van der Waals surface area contributed by atoms with Gasteiger partial charge in [0.15, 0.2) is 5.78 Å². The van der Waals surface area contributed by atoms with Crippen molar-refractivity contribution in [2.24, 2.45) is 10.8 Å². The van der Waals surface area contributed by atoms with Crippen molar-refractivity contribution in [3.63, 3.8) is 0 Å². The van der Waals surface area contributed by atoms with Gasteiger partial charge in [0.05, 0.1) is 0 Å². The second kappa shape index (κ2) is 3.23. The topological polar surface area (TPSA) is 54.4 Å². The lowest BCUT2D eigenvalue weighted by atomic mass is 9.66. The number of Topliss-reactive ketones (excluding diaryl/α,β-unsaturated/α-hetero) is 1. The minimum Gasteiger partial charge on any atom is -0.481 e. The van der Waals surface area contributed by atoms with Crippen LogP contribution >= 0.6 is 0 Å². The van der Waals surface area contributed by atoms with Gasteiger partial charge in [0.25, 0.3) is 0 Å². The highest BCUT2D eigenvalue weighted by Gasteiger charge is 2.47. The molecule has 0 aromatic heterocycles. The summed E-state index contributed by atoms with van der Waals surface area (Å²) in [6, 6.07) is 0. The van der Waals surface area contributed by atoms with Crippen LogP contribution in [0, 0.1) is 10.8 Å². The van der Waals surface area contributed by atoms with Crippen LogP contribution in [0.5, 0.6) is 0 Å². The smallest absolute Gasteiger partial charge is 0.310 e. The number of hydrogen-bond donors (Lipinski definition) is 1. The molecule has 0 unspecified atom stereocenters. The number of allylic oxidation sites excluding steroid dienone is 2. The minimum atomic E-state index is -1.04. The Bertz CT molecular complexity index is 302. The van der Waals surface area contributed by atoms with Gasteiger partial charge >= 0.3 is 5.97 Å². The Labute approximate surface area is 83.8 Å². The fourth-order valence-electron chi connectivity index (χ4n) is 1.84. The molecule has 0 heterocycles. The number of carbonyl (C=O) groups is 2. The lowest BCUT2D eigenvalue weighted by Gasteiger charge is -2.36. The quantitative estimate of drug-likeness (QED) is 0.555. The maximum atomic E-state index is 11.8. The Kier molecular flexibility index (Phi) is 2.52. The van der Waals surface area contributed by atoms with Gasteiger partial charge in [-0.05, 0) is 11.8 Å². The first kappa shape index (κ1) is 11.0. The fourth-order valence-corrected chi connectivity index (χ4v) is 1.84. The second-order valence-corrected chi connectivity index (χ2v) is 4.65. The summed E-state index contributed by atoms with van der Waals surface area (Å²) in [6.45, 7) is 5.78. The van der Waals surface area contributed by atoms with Gasteiger partial charge in [0, 0.05) is 5.41 Å². The maximum absolute atomic E-state index is 11.8. The van der Waals surface area contributed by atoms with Gasteiger partial charge in [0.1, 0.15) is 6.42 Å². The molecule has 0 bridgehead atoms. The lowest BCUT2D eigenvalue weighted by molar-refractivity contribution is -0.144. The van der Waals surface area contributed by atoms with Gasteiger partial charge in [-0.3, -0.25) is 9.59 Å². The molecule has 3 nitrogen and oxygen atoms in total. The normalized spacial score (nSPS) is 29.1. The van der Waals surface area contributed by atoms with Crippen molar-refractivity contribution in [3.05, 3.63) is 12.2 Å². The molecule has 0 fully saturated rings. The highest BCUT2D eigenvalue weighted by atomic mass is 16.4. The van der Waals surface area contributed by atoms with E-state index in [9.17, 15) is 9.59 Å². The Balaban J connectivity index is 2.86. The van der Waals surface area contributed by atoms with E-state index in [1.807, 2.05) is 32.9 Å². The summed E-state index contributed by atoms with van der Waals surface area (Å²) in [6.07, 6.45) is 4.22. The molecule has 0 spiro atoms. The zero-order valence-electron chi connectivity index (χ0n) is 8.83. The van der Waals surface area contributed by atoms with Gasteiger partial charge in [-0.2, -0.15) is 0 Å². The van der Waals surface area contributed by atoms with Crippen molar-refractivity contribution in [3.8, 4) is 0 Å². The summed E-state index contributed by atoms with van der Waals surface area (Å²) in [4.78, 5) is 22.3. The molecule has 0 aromatic carbocycles. The van der Waals surface area contributed by atoms with E-state index in [1.54, 1.807) is 0 Å². The Morgan fingerprint density at radius 1 is 1.36 bits per heavy atom. The molecule has 1 aliphatic rings.